The molecule has 7 heteroatoms. The zero-order valence-corrected chi connectivity index (χ0v) is 13.4. The number of thiol groups is 1. The van der Waals surface area contributed by atoms with Crippen LogP contribution in [0.15, 0.2) is 0 Å². The highest BCUT2D eigenvalue weighted by atomic mass is 32.2. The number of carboxylic acid groups (broad SMARTS) is 1. The Balaban J connectivity index is 2.28. The summed E-state index contributed by atoms with van der Waals surface area (Å²) < 4.78 is 0. The van der Waals surface area contributed by atoms with Crippen molar-refractivity contribution in [3.8, 4) is 0 Å². The topological polar surface area (TPSA) is 57.6 Å². The van der Waals surface area contributed by atoms with Crippen LogP contribution in [0.5, 0.6) is 0 Å². The molecule has 4 nitrogen and oxygen atoms in total. The lowest BCUT2D eigenvalue weighted by Gasteiger charge is -2.42. The van der Waals surface area contributed by atoms with E-state index in [-0.39, 0.29) is 16.7 Å². The lowest BCUT2D eigenvalue weighted by molar-refractivity contribution is -0.153. The summed E-state index contributed by atoms with van der Waals surface area (Å²) in [5.74, 6) is 1.79. The van der Waals surface area contributed by atoms with Crippen LogP contribution in [0.4, 0.5) is 0 Å². The van der Waals surface area contributed by atoms with Crippen LogP contribution >= 0.6 is 36.2 Å². The molecule has 1 amide bonds. The first-order chi connectivity index (χ1) is 9.02. The van der Waals surface area contributed by atoms with Crippen molar-refractivity contribution in [2.45, 2.75) is 30.7 Å². The van der Waals surface area contributed by atoms with Gasteiger partial charge in [-0.05, 0) is 24.3 Å². The smallest absolute Gasteiger partial charge is 0.327 e. The molecule has 0 bridgehead atoms. The minimum Gasteiger partial charge on any atom is -0.480 e. The van der Waals surface area contributed by atoms with Crippen molar-refractivity contribution in [1.29, 1.82) is 0 Å². The summed E-state index contributed by atoms with van der Waals surface area (Å²) in [5, 5.41) is 9.37. The third-order valence-corrected chi connectivity index (χ3v) is 6.91. The molecule has 2 aliphatic heterocycles. The Morgan fingerprint density at radius 3 is 2.63 bits per heavy atom. The number of thioether (sulfide) groups is 2. The van der Waals surface area contributed by atoms with Gasteiger partial charge in [-0.15, -0.1) is 11.8 Å². The van der Waals surface area contributed by atoms with Crippen molar-refractivity contribution in [2.24, 2.45) is 5.92 Å². The highest BCUT2D eigenvalue weighted by Gasteiger charge is 2.52. The summed E-state index contributed by atoms with van der Waals surface area (Å²) in [5.41, 5.74) is 0. The van der Waals surface area contributed by atoms with Gasteiger partial charge in [0.05, 0.1) is 4.87 Å². The SMILES string of the molecule is C[C@H](CS)C(=O)N1[C@H](C(=O)O)CSC12CCSCC2. The van der Waals surface area contributed by atoms with E-state index in [2.05, 4.69) is 12.6 Å². The molecule has 108 valence electrons. The van der Waals surface area contributed by atoms with Gasteiger partial charge in [0.15, 0.2) is 0 Å². The number of aliphatic carboxylic acids is 1. The van der Waals surface area contributed by atoms with E-state index in [1.165, 1.54) is 0 Å². The molecule has 0 aromatic heterocycles. The lowest BCUT2D eigenvalue weighted by atomic mass is 10.0. The normalized spacial score (nSPS) is 27.5. The van der Waals surface area contributed by atoms with E-state index in [9.17, 15) is 14.7 Å². The second-order valence-electron chi connectivity index (χ2n) is 5.02. The van der Waals surface area contributed by atoms with Gasteiger partial charge in [-0.2, -0.15) is 24.4 Å². The molecule has 2 rings (SSSR count). The lowest BCUT2D eigenvalue weighted by Crippen LogP contribution is -2.55. The van der Waals surface area contributed by atoms with Gasteiger partial charge >= 0.3 is 5.97 Å². The largest absolute Gasteiger partial charge is 0.480 e. The number of hydrogen-bond donors (Lipinski definition) is 2. The Labute approximate surface area is 127 Å². The van der Waals surface area contributed by atoms with Crippen molar-refractivity contribution in [3.05, 3.63) is 0 Å². The van der Waals surface area contributed by atoms with Gasteiger partial charge in [0, 0.05) is 17.4 Å². The molecule has 2 heterocycles. The van der Waals surface area contributed by atoms with Crippen LogP contribution in [0.1, 0.15) is 19.8 Å². The predicted molar refractivity (Wildman–Crippen MR) is 83.0 cm³/mol. The maximum absolute atomic E-state index is 12.6. The van der Waals surface area contributed by atoms with Gasteiger partial charge in [-0.3, -0.25) is 4.79 Å². The number of hydrogen-bond acceptors (Lipinski definition) is 5. The van der Waals surface area contributed by atoms with E-state index < -0.39 is 12.0 Å². The van der Waals surface area contributed by atoms with E-state index in [0.717, 1.165) is 24.3 Å². The minimum absolute atomic E-state index is 0.0562. The second-order valence-corrected chi connectivity index (χ2v) is 7.99. The van der Waals surface area contributed by atoms with Crippen molar-refractivity contribution in [3.63, 3.8) is 0 Å². The first kappa shape index (κ1) is 15.4. The Morgan fingerprint density at radius 2 is 2.11 bits per heavy atom. The summed E-state index contributed by atoms with van der Waals surface area (Å²) in [7, 11) is 0. The third kappa shape index (κ3) is 2.88. The van der Waals surface area contributed by atoms with Crippen molar-refractivity contribution < 1.29 is 14.7 Å². The average molecular weight is 321 g/mol. The predicted octanol–water partition coefficient (Wildman–Crippen LogP) is 1.80. The Kier molecular flexibility index (Phi) is 5.00. The van der Waals surface area contributed by atoms with Crippen LogP contribution in [0.25, 0.3) is 0 Å². The highest BCUT2D eigenvalue weighted by molar-refractivity contribution is 8.01. The molecule has 0 aromatic carbocycles. The number of rotatable bonds is 3. The van der Waals surface area contributed by atoms with Gasteiger partial charge in [-0.25, -0.2) is 4.79 Å². The van der Waals surface area contributed by atoms with Gasteiger partial charge in [-0.1, -0.05) is 6.92 Å². The molecule has 2 atom stereocenters. The molecule has 0 radical (unpaired) electrons. The van der Waals surface area contributed by atoms with Crippen molar-refractivity contribution in [1.82, 2.24) is 4.90 Å². The fourth-order valence-corrected chi connectivity index (χ4v) is 5.78. The van der Waals surface area contributed by atoms with Crippen molar-refractivity contribution in [2.75, 3.05) is 23.0 Å². The standard InChI is InChI=1S/C12H19NO3S3/c1-8(6-17)10(14)13-9(11(15)16)7-19-12(13)2-4-18-5-3-12/h8-9,17H,2-7H2,1H3,(H,15,16)/t8-,9+/m1/s1. The molecular formula is C12H19NO3S3. The summed E-state index contributed by atoms with van der Waals surface area (Å²) >= 11 is 7.71. The number of amides is 1. The first-order valence-electron chi connectivity index (χ1n) is 6.40. The summed E-state index contributed by atoms with van der Waals surface area (Å²) in [6.07, 6.45) is 1.77. The zero-order valence-electron chi connectivity index (χ0n) is 10.9. The van der Waals surface area contributed by atoms with Crippen LogP contribution in [0, 0.1) is 5.92 Å². The molecule has 0 saturated carbocycles. The number of nitrogens with zero attached hydrogens (tertiary/aromatic N) is 1. The zero-order chi connectivity index (χ0) is 14.0. The van der Waals surface area contributed by atoms with E-state index in [0.29, 0.717) is 11.5 Å². The minimum atomic E-state index is -0.887. The Bertz CT molecular complexity index is 371. The third-order valence-electron chi connectivity index (χ3n) is 3.75. The fourth-order valence-electron chi connectivity index (χ4n) is 2.59. The fraction of sp³-hybridized carbons (Fsp3) is 0.833. The van der Waals surface area contributed by atoms with Gasteiger partial charge in [0.25, 0.3) is 0 Å². The maximum Gasteiger partial charge on any atom is 0.327 e. The maximum atomic E-state index is 12.6. The van der Waals surface area contributed by atoms with E-state index >= 15 is 0 Å². The highest BCUT2D eigenvalue weighted by Crippen LogP contribution is 2.48. The van der Waals surface area contributed by atoms with Crippen LogP contribution in [0.2, 0.25) is 0 Å². The number of carbonyl (C=O) groups is 2. The Hall–Kier alpha value is -0.0100. The summed E-state index contributed by atoms with van der Waals surface area (Å²) in [6, 6.07) is -0.678. The quantitative estimate of drug-likeness (QED) is 0.776. The van der Waals surface area contributed by atoms with Gasteiger partial charge in [0.2, 0.25) is 5.91 Å². The molecule has 1 spiro atoms. The van der Waals surface area contributed by atoms with Gasteiger partial charge in [0.1, 0.15) is 6.04 Å². The number of carbonyl (C=O) groups excluding carboxylic acids is 1. The van der Waals surface area contributed by atoms with E-state index in [1.54, 1.807) is 16.7 Å². The molecule has 0 aromatic rings. The molecular weight excluding hydrogens is 302 g/mol. The average Bonchev–Trinajstić information content (AvgIpc) is 2.77. The monoisotopic (exact) mass is 321 g/mol. The summed E-state index contributed by atoms with van der Waals surface area (Å²) in [6.45, 7) is 1.82. The molecule has 0 unspecified atom stereocenters. The summed E-state index contributed by atoms with van der Waals surface area (Å²) in [4.78, 5) is 25.4. The molecule has 1 N–H and O–H groups in total. The number of carboxylic acids is 1. The van der Waals surface area contributed by atoms with Gasteiger partial charge < -0.3 is 10.0 Å². The second kappa shape index (κ2) is 6.18. The van der Waals surface area contributed by atoms with Crippen LogP contribution in [-0.4, -0.2) is 55.8 Å². The van der Waals surface area contributed by atoms with Crippen LogP contribution < -0.4 is 0 Å². The van der Waals surface area contributed by atoms with Crippen LogP contribution in [-0.2, 0) is 9.59 Å². The van der Waals surface area contributed by atoms with Crippen molar-refractivity contribution >= 4 is 48.0 Å². The molecule has 0 aliphatic carbocycles. The first-order valence-corrected chi connectivity index (χ1v) is 9.17. The molecule has 2 aliphatic rings. The Morgan fingerprint density at radius 1 is 1.47 bits per heavy atom. The van der Waals surface area contributed by atoms with E-state index in [1.807, 2.05) is 18.7 Å². The molecule has 19 heavy (non-hydrogen) atoms. The molecule has 2 fully saturated rings. The van der Waals surface area contributed by atoms with E-state index in [4.69, 9.17) is 0 Å². The van der Waals surface area contributed by atoms with Crippen LogP contribution in [0.3, 0.4) is 0 Å². The molecule has 2 saturated heterocycles.